The number of phenols is 1. The van der Waals surface area contributed by atoms with Gasteiger partial charge in [0.2, 0.25) is 0 Å². The van der Waals surface area contributed by atoms with Crippen LogP contribution in [0.15, 0.2) is 24.3 Å². The molecule has 0 aliphatic carbocycles. The molecule has 0 saturated heterocycles. The first kappa shape index (κ1) is 10.4. The Morgan fingerprint density at radius 2 is 2.14 bits per heavy atom. The molecule has 0 spiro atoms. The van der Waals surface area contributed by atoms with Crippen LogP contribution < -0.4 is 4.74 Å². The SMILES string of the molecule is COC(=O)CCOc1ccccc1O. The fourth-order valence-corrected chi connectivity index (χ4v) is 0.926. The number of hydrogen-bond donors (Lipinski definition) is 1. The van der Waals surface area contributed by atoms with Crippen LogP contribution in [0.5, 0.6) is 11.5 Å². The molecule has 0 amide bonds. The van der Waals surface area contributed by atoms with Gasteiger partial charge < -0.3 is 14.6 Å². The van der Waals surface area contributed by atoms with Gasteiger partial charge in [-0.3, -0.25) is 4.79 Å². The third kappa shape index (κ3) is 2.97. The zero-order valence-corrected chi connectivity index (χ0v) is 7.90. The Labute approximate surface area is 82.1 Å². The second kappa shape index (κ2) is 5.11. The first-order valence-corrected chi connectivity index (χ1v) is 4.21. The Balaban J connectivity index is 2.39. The van der Waals surface area contributed by atoms with Crippen molar-refractivity contribution in [1.82, 2.24) is 0 Å². The molecule has 14 heavy (non-hydrogen) atoms. The zero-order chi connectivity index (χ0) is 10.4. The molecule has 1 aromatic carbocycles. The lowest BCUT2D eigenvalue weighted by Crippen LogP contribution is -2.07. The summed E-state index contributed by atoms with van der Waals surface area (Å²) in [6, 6.07) is 6.59. The number of esters is 1. The first-order valence-electron chi connectivity index (χ1n) is 4.21. The van der Waals surface area contributed by atoms with Gasteiger partial charge in [-0.15, -0.1) is 0 Å². The fraction of sp³-hybridized carbons (Fsp3) is 0.300. The van der Waals surface area contributed by atoms with Gasteiger partial charge in [0.15, 0.2) is 11.5 Å². The van der Waals surface area contributed by atoms with Crippen LogP contribution in [0.2, 0.25) is 0 Å². The number of rotatable bonds is 4. The van der Waals surface area contributed by atoms with Gasteiger partial charge in [-0.1, -0.05) is 12.1 Å². The molecule has 0 aromatic heterocycles. The highest BCUT2D eigenvalue weighted by atomic mass is 16.5. The van der Waals surface area contributed by atoms with E-state index in [4.69, 9.17) is 4.74 Å². The summed E-state index contributed by atoms with van der Waals surface area (Å²) in [5, 5.41) is 9.29. The number of phenolic OH excluding ortho intramolecular Hbond substituents is 1. The molecule has 0 bridgehead atoms. The summed E-state index contributed by atoms with van der Waals surface area (Å²) >= 11 is 0. The minimum absolute atomic E-state index is 0.0670. The fourth-order valence-electron chi connectivity index (χ4n) is 0.926. The molecule has 4 nitrogen and oxygen atoms in total. The molecule has 0 aliphatic heterocycles. The molecule has 0 unspecified atom stereocenters. The van der Waals surface area contributed by atoms with Crippen molar-refractivity contribution >= 4 is 5.97 Å². The van der Waals surface area contributed by atoms with Crippen molar-refractivity contribution in [2.24, 2.45) is 0 Å². The number of hydrogen-bond acceptors (Lipinski definition) is 4. The van der Waals surface area contributed by atoms with E-state index in [1.807, 2.05) is 0 Å². The summed E-state index contributed by atoms with van der Waals surface area (Å²) in [4.78, 5) is 10.7. The van der Waals surface area contributed by atoms with Crippen LogP contribution in [-0.4, -0.2) is 24.8 Å². The first-order chi connectivity index (χ1) is 6.74. The second-order valence-electron chi connectivity index (χ2n) is 2.64. The van der Waals surface area contributed by atoms with Crippen molar-refractivity contribution in [3.05, 3.63) is 24.3 Å². The van der Waals surface area contributed by atoms with E-state index >= 15 is 0 Å². The van der Waals surface area contributed by atoms with Crippen molar-refractivity contribution in [1.29, 1.82) is 0 Å². The van der Waals surface area contributed by atoms with E-state index in [0.29, 0.717) is 5.75 Å². The average molecular weight is 196 g/mol. The van der Waals surface area contributed by atoms with Crippen molar-refractivity contribution in [3.63, 3.8) is 0 Å². The maximum atomic E-state index is 10.7. The summed E-state index contributed by atoms with van der Waals surface area (Å²) in [6.45, 7) is 0.199. The number of para-hydroxylation sites is 2. The van der Waals surface area contributed by atoms with Crippen LogP contribution in [0, 0.1) is 0 Å². The smallest absolute Gasteiger partial charge is 0.308 e. The van der Waals surface area contributed by atoms with Crippen LogP contribution >= 0.6 is 0 Å². The van der Waals surface area contributed by atoms with Crippen LogP contribution in [0.3, 0.4) is 0 Å². The molecule has 0 fully saturated rings. The minimum Gasteiger partial charge on any atom is -0.504 e. The van der Waals surface area contributed by atoms with Gasteiger partial charge in [-0.05, 0) is 12.1 Å². The highest BCUT2D eigenvalue weighted by molar-refractivity contribution is 5.69. The van der Waals surface area contributed by atoms with Gasteiger partial charge >= 0.3 is 5.97 Å². The lowest BCUT2D eigenvalue weighted by atomic mass is 10.3. The summed E-state index contributed by atoms with van der Waals surface area (Å²) in [6.07, 6.45) is 0.171. The van der Waals surface area contributed by atoms with Crippen LogP contribution in [0.1, 0.15) is 6.42 Å². The summed E-state index contributed by atoms with van der Waals surface area (Å²) < 4.78 is 9.60. The van der Waals surface area contributed by atoms with Gasteiger partial charge in [0.05, 0.1) is 20.1 Å². The molecular formula is C10H12O4. The third-order valence-electron chi connectivity index (χ3n) is 1.66. The predicted octanol–water partition coefficient (Wildman–Crippen LogP) is 1.33. The maximum Gasteiger partial charge on any atom is 0.308 e. The van der Waals surface area contributed by atoms with Crippen molar-refractivity contribution in [2.45, 2.75) is 6.42 Å². The highest BCUT2D eigenvalue weighted by Crippen LogP contribution is 2.24. The molecule has 0 atom stereocenters. The molecule has 4 heteroatoms. The summed E-state index contributed by atoms with van der Waals surface area (Å²) in [7, 11) is 1.32. The van der Waals surface area contributed by atoms with Crippen molar-refractivity contribution in [3.8, 4) is 11.5 Å². The Kier molecular flexibility index (Phi) is 3.79. The zero-order valence-electron chi connectivity index (χ0n) is 7.90. The van der Waals surface area contributed by atoms with Gasteiger partial charge in [0, 0.05) is 0 Å². The van der Waals surface area contributed by atoms with E-state index in [-0.39, 0.29) is 24.7 Å². The second-order valence-corrected chi connectivity index (χ2v) is 2.64. The van der Waals surface area contributed by atoms with Crippen LogP contribution in [0.4, 0.5) is 0 Å². The standard InChI is InChI=1S/C10H12O4/c1-13-10(12)6-7-14-9-5-3-2-4-8(9)11/h2-5,11H,6-7H2,1H3. The largest absolute Gasteiger partial charge is 0.504 e. The van der Waals surface area contributed by atoms with E-state index in [1.165, 1.54) is 13.2 Å². The normalized spacial score (nSPS) is 9.50. The number of ether oxygens (including phenoxy) is 2. The number of carbonyl (C=O) groups is 1. The van der Waals surface area contributed by atoms with Gasteiger partial charge in [-0.25, -0.2) is 0 Å². The molecule has 0 radical (unpaired) electrons. The number of carbonyl (C=O) groups excluding carboxylic acids is 1. The molecule has 1 aromatic rings. The van der Waals surface area contributed by atoms with Gasteiger partial charge in [-0.2, -0.15) is 0 Å². The van der Waals surface area contributed by atoms with Crippen LogP contribution in [0.25, 0.3) is 0 Å². The predicted molar refractivity (Wildman–Crippen MR) is 50.2 cm³/mol. The lowest BCUT2D eigenvalue weighted by molar-refractivity contribution is -0.141. The summed E-state index contributed by atoms with van der Waals surface area (Å²) in [5.74, 6) is 0.106. The van der Waals surface area contributed by atoms with Gasteiger partial charge in [0.1, 0.15) is 0 Å². The van der Waals surface area contributed by atoms with E-state index < -0.39 is 0 Å². The molecule has 1 rings (SSSR count). The van der Waals surface area contributed by atoms with Crippen molar-refractivity contribution < 1.29 is 19.4 Å². The molecule has 0 aliphatic rings. The lowest BCUT2D eigenvalue weighted by Gasteiger charge is -2.06. The van der Waals surface area contributed by atoms with Crippen molar-refractivity contribution in [2.75, 3.05) is 13.7 Å². The Bertz CT molecular complexity index is 309. The molecule has 0 heterocycles. The minimum atomic E-state index is -0.333. The quantitative estimate of drug-likeness (QED) is 0.738. The molecule has 0 saturated carbocycles. The van der Waals surface area contributed by atoms with E-state index in [1.54, 1.807) is 18.2 Å². The monoisotopic (exact) mass is 196 g/mol. The molecule has 1 N–H and O–H groups in total. The number of methoxy groups -OCH3 is 1. The number of benzene rings is 1. The number of aromatic hydroxyl groups is 1. The Morgan fingerprint density at radius 3 is 2.79 bits per heavy atom. The topological polar surface area (TPSA) is 55.8 Å². The van der Waals surface area contributed by atoms with E-state index in [9.17, 15) is 9.90 Å². The highest BCUT2D eigenvalue weighted by Gasteiger charge is 2.03. The Morgan fingerprint density at radius 1 is 1.43 bits per heavy atom. The Hall–Kier alpha value is -1.71. The third-order valence-corrected chi connectivity index (χ3v) is 1.66. The van der Waals surface area contributed by atoms with Crippen LogP contribution in [-0.2, 0) is 9.53 Å². The molecule has 76 valence electrons. The summed E-state index contributed by atoms with van der Waals surface area (Å²) in [5.41, 5.74) is 0. The van der Waals surface area contributed by atoms with E-state index in [0.717, 1.165) is 0 Å². The molecular weight excluding hydrogens is 184 g/mol. The van der Waals surface area contributed by atoms with Gasteiger partial charge in [0.25, 0.3) is 0 Å². The maximum absolute atomic E-state index is 10.7. The average Bonchev–Trinajstić information content (AvgIpc) is 2.20. The van der Waals surface area contributed by atoms with E-state index in [2.05, 4.69) is 4.74 Å².